The highest BCUT2D eigenvalue weighted by Crippen LogP contribution is 2.20. The summed E-state index contributed by atoms with van der Waals surface area (Å²) in [4.78, 5) is 35.1. The van der Waals surface area contributed by atoms with Crippen LogP contribution in [-0.2, 0) is 20.9 Å². The minimum atomic E-state index is -0.787. The van der Waals surface area contributed by atoms with Gasteiger partial charge in [0.1, 0.15) is 12.4 Å². The Morgan fingerprint density at radius 3 is 2.37 bits per heavy atom. The number of nitrogens with one attached hydrogen (secondary N) is 2. The van der Waals surface area contributed by atoms with Crippen LogP contribution in [0.4, 0.5) is 4.39 Å². The molecular weight excluding hydrogens is 398 g/mol. The van der Waals surface area contributed by atoms with E-state index in [1.807, 2.05) is 0 Å². The third-order valence-corrected chi connectivity index (χ3v) is 3.94. The molecule has 9 heteroatoms. The monoisotopic (exact) mass is 412 g/mol. The molecule has 6 nitrogen and oxygen atoms in total. The van der Waals surface area contributed by atoms with Gasteiger partial charge in [-0.2, -0.15) is 0 Å². The van der Waals surface area contributed by atoms with E-state index in [-0.39, 0.29) is 12.1 Å². The lowest BCUT2D eigenvalue weighted by atomic mass is 10.2. The zero-order valence-corrected chi connectivity index (χ0v) is 15.4. The molecular formula is C18H15Cl2FN2O4. The molecule has 142 valence electrons. The lowest BCUT2D eigenvalue weighted by Crippen LogP contribution is -2.33. The minimum absolute atomic E-state index is 0.147. The zero-order valence-electron chi connectivity index (χ0n) is 13.9. The van der Waals surface area contributed by atoms with Crippen molar-refractivity contribution in [1.29, 1.82) is 0 Å². The van der Waals surface area contributed by atoms with E-state index in [2.05, 4.69) is 10.6 Å². The van der Waals surface area contributed by atoms with Gasteiger partial charge >= 0.3 is 5.97 Å². The summed E-state index contributed by atoms with van der Waals surface area (Å²) < 4.78 is 17.6. The van der Waals surface area contributed by atoms with Crippen molar-refractivity contribution in [2.45, 2.75) is 6.54 Å². The number of hydrogen-bond donors (Lipinski definition) is 2. The molecule has 0 aliphatic rings. The largest absolute Gasteiger partial charge is 0.454 e. The number of carbonyl (C=O) groups is 3. The van der Waals surface area contributed by atoms with Crippen LogP contribution in [0.2, 0.25) is 10.0 Å². The summed E-state index contributed by atoms with van der Waals surface area (Å²) >= 11 is 11.8. The van der Waals surface area contributed by atoms with Gasteiger partial charge in [-0.15, -0.1) is 0 Å². The number of amides is 2. The number of esters is 1. The summed E-state index contributed by atoms with van der Waals surface area (Å²) in [6.07, 6.45) is 0. The van der Waals surface area contributed by atoms with E-state index in [9.17, 15) is 18.8 Å². The Morgan fingerprint density at radius 2 is 1.70 bits per heavy atom. The molecule has 0 radical (unpaired) electrons. The normalized spacial score (nSPS) is 10.2. The van der Waals surface area contributed by atoms with Gasteiger partial charge in [0, 0.05) is 22.2 Å². The first-order valence-corrected chi connectivity index (χ1v) is 8.51. The SMILES string of the molecule is O=C(COC(=O)CNC(=O)c1ccc(F)cc1)NCc1ccc(Cl)cc1Cl. The minimum Gasteiger partial charge on any atom is -0.454 e. The Hall–Kier alpha value is -2.64. The van der Waals surface area contributed by atoms with Crippen molar-refractivity contribution in [2.75, 3.05) is 13.2 Å². The van der Waals surface area contributed by atoms with Gasteiger partial charge in [-0.3, -0.25) is 14.4 Å². The third-order valence-electron chi connectivity index (χ3n) is 3.36. The number of benzene rings is 2. The van der Waals surface area contributed by atoms with Gasteiger partial charge in [0.25, 0.3) is 11.8 Å². The van der Waals surface area contributed by atoms with Crippen molar-refractivity contribution in [3.8, 4) is 0 Å². The Kier molecular flexibility index (Phi) is 7.57. The molecule has 0 saturated carbocycles. The average Bonchev–Trinajstić information content (AvgIpc) is 2.64. The molecule has 0 aromatic heterocycles. The molecule has 0 heterocycles. The first-order valence-electron chi connectivity index (χ1n) is 7.75. The summed E-state index contributed by atoms with van der Waals surface area (Å²) in [5.41, 5.74) is 0.856. The van der Waals surface area contributed by atoms with Crippen LogP contribution in [0, 0.1) is 5.82 Å². The molecule has 0 aliphatic carbocycles. The van der Waals surface area contributed by atoms with Crippen molar-refractivity contribution in [2.24, 2.45) is 0 Å². The van der Waals surface area contributed by atoms with Crippen LogP contribution >= 0.6 is 23.2 Å². The maximum Gasteiger partial charge on any atom is 0.325 e. The van der Waals surface area contributed by atoms with E-state index < -0.39 is 36.8 Å². The predicted molar refractivity (Wildman–Crippen MR) is 98.0 cm³/mol. The quantitative estimate of drug-likeness (QED) is 0.684. The number of hydrogen-bond acceptors (Lipinski definition) is 4. The second-order valence-corrected chi connectivity index (χ2v) is 6.21. The predicted octanol–water partition coefficient (Wildman–Crippen LogP) is 2.72. The topological polar surface area (TPSA) is 84.5 Å². The molecule has 2 rings (SSSR count). The Morgan fingerprint density at radius 1 is 1.00 bits per heavy atom. The Bertz CT molecular complexity index is 844. The Labute approximate surface area is 164 Å². The number of ether oxygens (including phenoxy) is 1. The molecule has 27 heavy (non-hydrogen) atoms. The van der Waals surface area contributed by atoms with Crippen molar-refractivity contribution in [3.63, 3.8) is 0 Å². The highest BCUT2D eigenvalue weighted by Gasteiger charge is 2.11. The van der Waals surface area contributed by atoms with E-state index in [1.165, 1.54) is 12.1 Å². The summed E-state index contributed by atoms with van der Waals surface area (Å²) in [6, 6.07) is 9.68. The van der Waals surface area contributed by atoms with E-state index in [1.54, 1.807) is 18.2 Å². The highest BCUT2D eigenvalue weighted by molar-refractivity contribution is 6.35. The molecule has 0 fully saturated rings. The summed E-state index contributed by atoms with van der Waals surface area (Å²) in [5, 5.41) is 5.74. The van der Waals surface area contributed by atoms with Gasteiger partial charge in [-0.25, -0.2) is 4.39 Å². The van der Waals surface area contributed by atoms with Crippen molar-refractivity contribution in [1.82, 2.24) is 10.6 Å². The number of halogens is 3. The van der Waals surface area contributed by atoms with Crippen LogP contribution in [0.15, 0.2) is 42.5 Å². The zero-order chi connectivity index (χ0) is 19.8. The van der Waals surface area contributed by atoms with Crippen molar-refractivity contribution in [3.05, 3.63) is 69.5 Å². The molecule has 0 bridgehead atoms. The molecule has 0 unspecified atom stereocenters. The molecule has 2 aromatic rings. The van der Waals surface area contributed by atoms with E-state index in [0.717, 1.165) is 12.1 Å². The first kappa shape index (κ1) is 20.7. The standard InChI is InChI=1S/C18H15Cl2FN2O4/c19-13-4-1-12(15(20)7-13)8-22-16(24)10-27-17(25)9-23-18(26)11-2-5-14(21)6-3-11/h1-7H,8-10H2,(H,22,24)(H,23,26). The van der Waals surface area contributed by atoms with Gasteiger partial charge < -0.3 is 15.4 Å². The fourth-order valence-corrected chi connectivity index (χ4v) is 2.44. The average molecular weight is 413 g/mol. The second kappa shape index (κ2) is 9.89. The van der Waals surface area contributed by atoms with Crippen molar-refractivity contribution < 1.29 is 23.5 Å². The second-order valence-electron chi connectivity index (χ2n) is 5.36. The van der Waals surface area contributed by atoms with E-state index >= 15 is 0 Å². The van der Waals surface area contributed by atoms with Crippen LogP contribution in [0.25, 0.3) is 0 Å². The number of carbonyl (C=O) groups excluding carboxylic acids is 3. The lowest BCUT2D eigenvalue weighted by molar-refractivity contribution is -0.147. The maximum absolute atomic E-state index is 12.8. The van der Waals surface area contributed by atoms with Gasteiger partial charge in [-0.1, -0.05) is 29.3 Å². The van der Waals surface area contributed by atoms with Crippen LogP contribution in [0.5, 0.6) is 0 Å². The molecule has 0 saturated heterocycles. The molecule has 0 atom stereocenters. The third kappa shape index (κ3) is 6.88. The molecule has 2 aromatic carbocycles. The fourth-order valence-electron chi connectivity index (χ4n) is 1.96. The molecule has 2 N–H and O–H groups in total. The summed E-state index contributed by atoms with van der Waals surface area (Å²) in [5.74, 6) is -2.35. The van der Waals surface area contributed by atoms with Crippen LogP contribution in [0.3, 0.4) is 0 Å². The van der Waals surface area contributed by atoms with E-state index in [0.29, 0.717) is 15.6 Å². The van der Waals surface area contributed by atoms with Crippen LogP contribution < -0.4 is 10.6 Å². The lowest BCUT2D eigenvalue weighted by Gasteiger charge is -2.09. The van der Waals surface area contributed by atoms with Crippen LogP contribution in [-0.4, -0.2) is 30.9 Å². The summed E-state index contributed by atoms with van der Waals surface area (Å²) in [7, 11) is 0. The smallest absolute Gasteiger partial charge is 0.325 e. The number of rotatable bonds is 7. The Balaban J connectivity index is 1.69. The molecule has 2 amide bonds. The van der Waals surface area contributed by atoms with Gasteiger partial charge in [0.2, 0.25) is 0 Å². The van der Waals surface area contributed by atoms with Gasteiger partial charge in [0.15, 0.2) is 6.61 Å². The summed E-state index contributed by atoms with van der Waals surface area (Å²) in [6.45, 7) is -0.781. The highest BCUT2D eigenvalue weighted by atomic mass is 35.5. The van der Waals surface area contributed by atoms with Gasteiger partial charge in [0.05, 0.1) is 0 Å². The molecule has 0 aliphatic heterocycles. The van der Waals surface area contributed by atoms with Crippen LogP contribution in [0.1, 0.15) is 15.9 Å². The fraction of sp³-hybridized carbons (Fsp3) is 0.167. The van der Waals surface area contributed by atoms with Gasteiger partial charge in [-0.05, 0) is 42.0 Å². The first-order chi connectivity index (χ1) is 12.8. The van der Waals surface area contributed by atoms with Crippen molar-refractivity contribution >= 4 is 41.0 Å². The maximum atomic E-state index is 12.8. The molecule has 0 spiro atoms. The van der Waals surface area contributed by atoms with E-state index in [4.69, 9.17) is 27.9 Å².